The minimum absolute atomic E-state index is 0.0842. The van der Waals surface area contributed by atoms with Crippen LogP contribution >= 0.6 is 0 Å². The first-order valence-corrected chi connectivity index (χ1v) is 8.36. The lowest BCUT2D eigenvalue weighted by atomic mass is 10.0. The Kier molecular flexibility index (Phi) is 4.65. The molecule has 1 amide bonds. The topological polar surface area (TPSA) is 32.3 Å². The van der Waals surface area contributed by atoms with E-state index in [-0.39, 0.29) is 11.9 Å². The fourth-order valence-corrected chi connectivity index (χ4v) is 3.20. The third-order valence-electron chi connectivity index (χ3n) is 4.54. The number of fused-ring (bicyclic) bond motifs is 1. The van der Waals surface area contributed by atoms with Gasteiger partial charge in [0.25, 0.3) is 0 Å². The van der Waals surface area contributed by atoms with Crippen molar-refractivity contribution in [2.24, 2.45) is 0 Å². The zero-order chi connectivity index (χ0) is 16.2. The molecule has 1 aliphatic rings. The van der Waals surface area contributed by atoms with Gasteiger partial charge in [-0.15, -0.1) is 0 Å². The van der Waals surface area contributed by atoms with Gasteiger partial charge in [-0.1, -0.05) is 55.0 Å². The van der Waals surface area contributed by atoms with Gasteiger partial charge in [-0.25, -0.2) is 0 Å². The molecule has 0 bridgehead atoms. The van der Waals surface area contributed by atoms with E-state index in [9.17, 15) is 4.79 Å². The normalized spacial score (nSPS) is 14.4. The zero-order valence-corrected chi connectivity index (χ0v) is 13.9. The summed E-state index contributed by atoms with van der Waals surface area (Å²) < 4.78 is 0. The number of nitrogens with zero attached hydrogens (tertiary/aromatic N) is 1. The Hall–Kier alpha value is -2.29. The van der Waals surface area contributed by atoms with E-state index in [2.05, 4.69) is 66.5 Å². The average Bonchev–Trinajstić information content (AvgIpc) is 2.97. The Morgan fingerprint density at radius 2 is 1.91 bits per heavy atom. The molecule has 0 aromatic heterocycles. The van der Waals surface area contributed by atoms with E-state index in [1.165, 1.54) is 22.4 Å². The molecule has 0 saturated carbocycles. The van der Waals surface area contributed by atoms with Crippen LogP contribution in [-0.4, -0.2) is 19.0 Å². The summed E-state index contributed by atoms with van der Waals surface area (Å²) >= 11 is 0. The van der Waals surface area contributed by atoms with Gasteiger partial charge in [0.2, 0.25) is 5.91 Å². The largest absolute Gasteiger partial charge is 0.362 e. The molecule has 3 nitrogen and oxygen atoms in total. The molecule has 0 radical (unpaired) electrons. The first-order chi connectivity index (χ1) is 11.2. The van der Waals surface area contributed by atoms with Crippen molar-refractivity contribution in [3.8, 4) is 0 Å². The number of carbonyl (C=O) groups excluding carboxylic acids is 1. The van der Waals surface area contributed by atoms with Crippen LogP contribution in [0, 0.1) is 6.92 Å². The number of hydrogen-bond acceptors (Lipinski definition) is 2. The highest BCUT2D eigenvalue weighted by Gasteiger charge is 2.21. The molecule has 2 aromatic carbocycles. The van der Waals surface area contributed by atoms with Crippen LogP contribution in [0.3, 0.4) is 0 Å². The Labute approximate surface area is 138 Å². The molecule has 23 heavy (non-hydrogen) atoms. The quantitative estimate of drug-likeness (QED) is 0.915. The van der Waals surface area contributed by atoms with Gasteiger partial charge in [0.1, 0.15) is 0 Å². The highest BCUT2D eigenvalue weighted by Crippen LogP contribution is 2.27. The van der Waals surface area contributed by atoms with Crippen LogP contribution in [0.4, 0.5) is 5.69 Å². The van der Waals surface area contributed by atoms with E-state index in [4.69, 9.17) is 0 Å². The molecule has 1 N–H and O–H groups in total. The summed E-state index contributed by atoms with van der Waals surface area (Å²) in [6, 6.07) is 16.8. The van der Waals surface area contributed by atoms with Crippen molar-refractivity contribution in [3.63, 3.8) is 0 Å². The van der Waals surface area contributed by atoms with Gasteiger partial charge in [-0.2, -0.15) is 0 Å². The molecule has 120 valence electrons. The Balaban J connectivity index is 1.63. The van der Waals surface area contributed by atoms with Gasteiger partial charge in [-0.05, 0) is 37.0 Å². The van der Waals surface area contributed by atoms with Crippen molar-refractivity contribution in [1.29, 1.82) is 0 Å². The van der Waals surface area contributed by atoms with E-state index in [0.29, 0.717) is 6.54 Å². The third-order valence-corrected chi connectivity index (χ3v) is 4.54. The predicted octanol–water partition coefficient (Wildman–Crippen LogP) is 3.63. The van der Waals surface area contributed by atoms with Gasteiger partial charge in [0, 0.05) is 12.2 Å². The number of nitrogens with one attached hydrogen (secondary N) is 1. The summed E-state index contributed by atoms with van der Waals surface area (Å²) in [4.78, 5) is 14.6. The lowest BCUT2D eigenvalue weighted by Gasteiger charge is -2.22. The van der Waals surface area contributed by atoms with Crippen molar-refractivity contribution >= 4 is 11.6 Å². The number of anilines is 1. The summed E-state index contributed by atoms with van der Waals surface area (Å²) in [6.45, 7) is 5.54. The average molecular weight is 308 g/mol. The smallest absolute Gasteiger partial charge is 0.240 e. The van der Waals surface area contributed by atoms with Crippen LogP contribution in [0.1, 0.15) is 36.1 Å². The molecular formula is C20H24N2O. The molecule has 0 aliphatic carbocycles. The highest BCUT2D eigenvalue weighted by atomic mass is 16.2. The van der Waals surface area contributed by atoms with E-state index in [1.54, 1.807) is 0 Å². The summed E-state index contributed by atoms with van der Waals surface area (Å²) in [7, 11) is 0. The zero-order valence-electron chi connectivity index (χ0n) is 13.9. The number of carbonyl (C=O) groups is 1. The predicted molar refractivity (Wildman–Crippen MR) is 94.7 cm³/mol. The maximum atomic E-state index is 12.5. The molecule has 0 saturated heterocycles. The van der Waals surface area contributed by atoms with Gasteiger partial charge < -0.3 is 10.2 Å². The van der Waals surface area contributed by atoms with Crippen molar-refractivity contribution in [2.45, 2.75) is 32.7 Å². The summed E-state index contributed by atoms with van der Waals surface area (Å²) in [5.41, 5.74) is 4.95. The van der Waals surface area contributed by atoms with Gasteiger partial charge in [-0.3, -0.25) is 4.79 Å². The Morgan fingerprint density at radius 1 is 1.17 bits per heavy atom. The van der Waals surface area contributed by atoms with Crippen molar-refractivity contribution in [3.05, 3.63) is 65.2 Å². The number of para-hydroxylation sites is 1. The van der Waals surface area contributed by atoms with E-state index in [0.717, 1.165) is 19.4 Å². The molecule has 1 heterocycles. The molecule has 0 spiro atoms. The summed E-state index contributed by atoms with van der Waals surface area (Å²) in [6.07, 6.45) is 1.92. The molecule has 3 heteroatoms. The SMILES string of the molecule is CC[C@H](NC(=O)CN1CCc2ccccc21)c1ccc(C)cc1. The first kappa shape index (κ1) is 15.6. The van der Waals surface area contributed by atoms with Gasteiger partial charge in [0.05, 0.1) is 12.6 Å². The maximum absolute atomic E-state index is 12.5. The van der Waals surface area contributed by atoms with Crippen LogP contribution < -0.4 is 10.2 Å². The van der Waals surface area contributed by atoms with Crippen LogP contribution in [0.5, 0.6) is 0 Å². The molecule has 2 aromatic rings. The van der Waals surface area contributed by atoms with Crippen molar-refractivity contribution in [2.75, 3.05) is 18.0 Å². The molecule has 1 atom stereocenters. The second kappa shape index (κ2) is 6.86. The molecule has 1 aliphatic heterocycles. The first-order valence-electron chi connectivity index (χ1n) is 8.36. The second-order valence-corrected chi connectivity index (χ2v) is 6.24. The van der Waals surface area contributed by atoms with Gasteiger partial charge >= 0.3 is 0 Å². The number of benzene rings is 2. The minimum atomic E-state index is 0.0842. The number of aryl methyl sites for hydroxylation is 1. The third kappa shape index (κ3) is 3.55. The standard InChI is InChI=1S/C20H24N2O/c1-3-18(16-10-8-15(2)9-11-16)21-20(23)14-22-13-12-17-6-4-5-7-19(17)22/h4-11,18H,3,12-14H2,1-2H3,(H,21,23)/t18-/m0/s1. The number of rotatable bonds is 5. The highest BCUT2D eigenvalue weighted by molar-refractivity contribution is 5.82. The Bertz CT molecular complexity index is 678. The second-order valence-electron chi connectivity index (χ2n) is 6.24. The number of hydrogen-bond donors (Lipinski definition) is 1. The lowest BCUT2D eigenvalue weighted by molar-refractivity contribution is -0.120. The van der Waals surface area contributed by atoms with Crippen LogP contribution in [-0.2, 0) is 11.2 Å². The molecular weight excluding hydrogens is 284 g/mol. The van der Waals surface area contributed by atoms with E-state index >= 15 is 0 Å². The van der Waals surface area contributed by atoms with Crippen LogP contribution in [0.25, 0.3) is 0 Å². The monoisotopic (exact) mass is 308 g/mol. The van der Waals surface area contributed by atoms with Crippen LogP contribution in [0.2, 0.25) is 0 Å². The fraction of sp³-hybridized carbons (Fsp3) is 0.350. The molecule has 0 fully saturated rings. The van der Waals surface area contributed by atoms with Crippen LogP contribution in [0.15, 0.2) is 48.5 Å². The van der Waals surface area contributed by atoms with Crippen molar-refractivity contribution < 1.29 is 4.79 Å². The van der Waals surface area contributed by atoms with Crippen molar-refractivity contribution in [1.82, 2.24) is 5.32 Å². The van der Waals surface area contributed by atoms with E-state index < -0.39 is 0 Å². The minimum Gasteiger partial charge on any atom is -0.362 e. The van der Waals surface area contributed by atoms with E-state index in [1.807, 2.05) is 6.07 Å². The number of amides is 1. The molecule has 0 unspecified atom stereocenters. The van der Waals surface area contributed by atoms with Gasteiger partial charge in [0.15, 0.2) is 0 Å². The maximum Gasteiger partial charge on any atom is 0.240 e. The fourth-order valence-electron chi connectivity index (χ4n) is 3.20. The lowest BCUT2D eigenvalue weighted by Crippen LogP contribution is -2.38. The summed E-state index contributed by atoms with van der Waals surface area (Å²) in [5, 5.41) is 3.18. The summed E-state index contributed by atoms with van der Waals surface area (Å²) in [5.74, 6) is 0.0918. The molecule has 3 rings (SSSR count). The Morgan fingerprint density at radius 3 is 2.65 bits per heavy atom.